The van der Waals surface area contributed by atoms with Crippen molar-refractivity contribution in [3.05, 3.63) is 205 Å². The number of carboxylic acid groups (broad SMARTS) is 1. The number of aliphatic hydroxyl groups is 2. The van der Waals surface area contributed by atoms with Gasteiger partial charge in [-0.1, -0.05) is 86.5 Å². The smallest absolute Gasteiger partial charge is 0.476 e. The van der Waals surface area contributed by atoms with Gasteiger partial charge in [0.2, 0.25) is 5.69 Å². The maximum Gasteiger partial charge on any atom is 0.534 e. The quantitative estimate of drug-likeness (QED) is 0.0161. The number of carbonyl (C=O) groups excluding carboxylic acids is 11. The van der Waals surface area contributed by atoms with Crippen LogP contribution in [0.2, 0.25) is 15.1 Å². The molecule has 3 aromatic carbocycles. The number of aliphatic hydroxyl groups excluding tert-OH is 2. The number of hydrogen-bond donors (Lipinski definition) is 9. The summed E-state index contributed by atoms with van der Waals surface area (Å²) in [7, 11) is 7.91. The highest BCUT2D eigenvalue weighted by Crippen LogP contribution is 2.24. The molecule has 0 saturated carbocycles. The first kappa shape index (κ1) is 102. The molecule has 9 rings (SSSR count). The van der Waals surface area contributed by atoms with E-state index in [0.29, 0.717) is 25.9 Å². The largest absolute Gasteiger partial charge is 0.534 e. The molecule has 0 bridgehead atoms. The van der Waals surface area contributed by atoms with Gasteiger partial charge in [0.1, 0.15) is 34.1 Å². The molecule has 0 spiro atoms. The van der Waals surface area contributed by atoms with E-state index < -0.39 is 114 Å². The van der Waals surface area contributed by atoms with Crippen molar-refractivity contribution >= 4 is 152 Å². The van der Waals surface area contributed by atoms with E-state index in [1.807, 2.05) is 5.10 Å². The van der Waals surface area contributed by atoms with Crippen LogP contribution in [0.4, 0.5) is 49.3 Å². The number of nitro groups is 3. The number of nitrogen functional groups attached to an aromatic ring is 1. The lowest BCUT2D eigenvalue weighted by Crippen LogP contribution is -2.29. The van der Waals surface area contributed by atoms with Crippen molar-refractivity contribution in [3.8, 4) is 0 Å². The highest BCUT2D eigenvalue weighted by atomic mass is 35.5. The molecule has 10 N–H and O–H groups in total. The van der Waals surface area contributed by atoms with Crippen molar-refractivity contribution in [2.45, 2.75) is 79.1 Å². The number of halogens is 4. The van der Waals surface area contributed by atoms with E-state index in [0.717, 1.165) is 48.9 Å². The van der Waals surface area contributed by atoms with Crippen molar-refractivity contribution in [3.63, 3.8) is 0 Å². The molecule has 0 fully saturated rings. The van der Waals surface area contributed by atoms with E-state index in [1.165, 1.54) is 52.7 Å². The molecule has 0 unspecified atom stereocenters. The van der Waals surface area contributed by atoms with Crippen molar-refractivity contribution in [2.75, 3.05) is 66.1 Å². The number of rotatable bonds is 14. The number of benzene rings is 3. The minimum atomic E-state index is -1.30. The molecule has 6 aromatic heterocycles. The summed E-state index contributed by atoms with van der Waals surface area (Å²) in [6.45, 7) is 15.0. The molecule has 2 amide bonds. The minimum Gasteiger partial charge on any atom is -0.476 e. The van der Waals surface area contributed by atoms with Gasteiger partial charge in [0, 0.05) is 32.4 Å². The number of nitrogens with zero attached hydrogens (tertiary/aromatic N) is 12. The van der Waals surface area contributed by atoms with Gasteiger partial charge in [0.15, 0.2) is 28.6 Å². The molecule has 47 nitrogen and oxygen atoms in total. The van der Waals surface area contributed by atoms with Gasteiger partial charge in [0.05, 0.1) is 85.5 Å². The number of methoxy groups -OCH3 is 5. The van der Waals surface area contributed by atoms with E-state index in [-0.39, 0.29) is 68.0 Å². The van der Waals surface area contributed by atoms with Crippen LogP contribution in [0.25, 0.3) is 0 Å². The van der Waals surface area contributed by atoms with E-state index in [4.69, 9.17) is 81.7 Å². The molecule has 0 aliphatic heterocycles. The van der Waals surface area contributed by atoms with Crippen LogP contribution in [0.15, 0.2) is 109 Å². The zero-order chi connectivity index (χ0) is 90.4. The van der Waals surface area contributed by atoms with Crippen LogP contribution < -0.4 is 16.4 Å². The molecule has 0 atom stereocenters. The van der Waals surface area contributed by atoms with E-state index >= 15 is 0 Å². The normalized spacial score (nSPS) is 10.1. The summed E-state index contributed by atoms with van der Waals surface area (Å²) in [6, 6.07) is 26.2. The topological polar surface area (TPSA) is 658 Å². The van der Waals surface area contributed by atoms with Crippen molar-refractivity contribution in [2.24, 2.45) is 0 Å². The van der Waals surface area contributed by atoms with Crippen molar-refractivity contribution in [1.29, 1.82) is 0 Å². The van der Waals surface area contributed by atoms with Gasteiger partial charge in [0.25, 0.3) is 17.1 Å². The maximum atomic E-state index is 12.4. The fourth-order valence-electron chi connectivity index (χ4n) is 7.32. The Bertz CT molecular complexity index is 5000. The SMILES string of the molecule is CO.CO.COC(=O)c1cc(N)n(C(=O)OC(C)(C)C)n1.COC(=O)c1cc(NC(=O)c2ccccc2Cl)n(C(=O)OC(C)(C)C)n1.COC(=O)c1cc(NC(=O)c2ccccc2Cl)n[nH]1.COC(=O)c1cc([N+](=O)[O-])[nH]n1.COC(=O)c1cc([N+](=O)[O-])n(C(=O)OC(C)(C)C)n1.O=C(Cl)c1ccccc1Cl.O=C(O)c1cc([N+](=O)[O-])[nH]n1. The zero-order valence-electron chi connectivity index (χ0n) is 64.8. The first-order chi connectivity index (χ1) is 55.1. The molecule has 6 heterocycles. The average molecular weight is 1740 g/mol. The molecular weight excluding hydrogens is 1660 g/mol. The molecule has 51 heteroatoms. The van der Waals surface area contributed by atoms with Gasteiger partial charge >= 0.3 is 71.5 Å². The number of anilines is 3. The monoisotopic (exact) mass is 1740 g/mol. The van der Waals surface area contributed by atoms with Gasteiger partial charge in [-0.25, -0.2) is 38.4 Å². The second-order valence-electron chi connectivity index (χ2n) is 24.0. The predicted octanol–water partition coefficient (Wildman–Crippen LogP) is 9.91. The fourth-order valence-corrected chi connectivity index (χ4v) is 8.20. The number of H-pyrrole nitrogens is 3. The zero-order valence-corrected chi connectivity index (χ0v) is 67.8. The summed E-state index contributed by atoms with van der Waals surface area (Å²) in [5.74, 6) is -7.13. The first-order valence-corrected chi connectivity index (χ1v) is 33.6. The molecular formula is C67H76Cl4N18O29. The lowest BCUT2D eigenvalue weighted by atomic mass is 10.2. The minimum absolute atomic E-state index is 0.0136. The Kier molecular flexibility index (Phi) is 41.6. The summed E-state index contributed by atoms with van der Waals surface area (Å²) < 4.78 is 39.5. The highest BCUT2D eigenvalue weighted by Gasteiger charge is 2.33. The number of carboxylic acids is 1. The molecule has 636 valence electrons. The number of aromatic carboxylic acids is 1. The number of aromatic nitrogens is 12. The van der Waals surface area contributed by atoms with Crippen LogP contribution in [-0.2, 0) is 37.9 Å². The Hall–Kier alpha value is -14.2. The van der Waals surface area contributed by atoms with E-state index in [2.05, 4.69) is 75.1 Å². The van der Waals surface area contributed by atoms with Gasteiger partial charge in [-0.2, -0.15) is 20.1 Å². The molecule has 0 radical (unpaired) electrons. The number of ether oxygens (including phenoxy) is 8. The Balaban J connectivity index is 0.000000697. The fraction of sp³-hybridized carbons (Fsp3) is 0.284. The highest BCUT2D eigenvalue weighted by molar-refractivity contribution is 6.68. The number of aromatic amines is 3. The number of esters is 5. The Morgan fingerprint density at radius 3 is 1.15 bits per heavy atom. The molecule has 0 saturated heterocycles. The number of nitrogens with two attached hydrogens (primary N) is 1. The summed E-state index contributed by atoms with van der Waals surface area (Å²) in [5.41, 5.74) is 3.25. The molecule has 118 heavy (non-hydrogen) atoms. The number of hydrogen-bond acceptors (Lipinski definition) is 35. The number of amides is 2. The Morgan fingerprint density at radius 2 is 0.788 bits per heavy atom. The van der Waals surface area contributed by atoms with E-state index in [9.17, 15) is 87.9 Å². The van der Waals surface area contributed by atoms with Gasteiger partial charge in [-0.3, -0.25) is 19.5 Å². The van der Waals surface area contributed by atoms with Crippen molar-refractivity contribution in [1.82, 2.24) is 59.9 Å². The summed E-state index contributed by atoms with van der Waals surface area (Å²) in [6.07, 6.45) is -2.65. The second kappa shape index (κ2) is 48.1. The van der Waals surface area contributed by atoms with Gasteiger partial charge in [-0.15, -0.1) is 19.6 Å². The first-order valence-electron chi connectivity index (χ1n) is 32.1. The Labute approximate surface area is 685 Å². The molecule has 0 aliphatic carbocycles. The third-order valence-corrected chi connectivity index (χ3v) is 13.3. The van der Waals surface area contributed by atoms with Crippen LogP contribution in [-0.4, -0.2) is 228 Å². The number of carbonyl (C=O) groups is 12. The lowest BCUT2D eigenvalue weighted by molar-refractivity contribution is -0.391. The predicted molar refractivity (Wildman–Crippen MR) is 412 cm³/mol. The second-order valence-corrected chi connectivity index (χ2v) is 25.6. The summed E-state index contributed by atoms with van der Waals surface area (Å²) in [5, 5.41) is 86.5. The van der Waals surface area contributed by atoms with Gasteiger partial charge in [-0.05, 0) is 130 Å². The van der Waals surface area contributed by atoms with Crippen LogP contribution >= 0.6 is 46.4 Å². The Morgan fingerprint density at radius 1 is 0.441 bits per heavy atom. The summed E-state index contributed by atoms with van der Waals surface area (Å²) in [4.78, 5) is 165. The standard InChI is InChI=1S/C17H18ClN3O5.C12H10ClN3O3.C10H13N3O6.C10H15N3O4.C7H4Cl2O.C5H5N3O4.C4H3N3O4.2CH4O/c1-17(2,3)26-16(24)21-13(9-12(20-21)15(23)25-4)19-14(22)10-7-5-6-8-11(10)18;1-19-12(18)9-6-10(16-15-9)14-11(17)7-4-2-3-5-8(7)13;1-10(2,3)19-9(15)12-7(13(16)17)5-6(11-12)8(14)18-4;1-10(2,3)17-9(15)13-7(11)5-6(12-13)8(14)16-4;8-6-4-2-1-3-5(6)7(9)10;1-12-5(9)3-2-4(7-6-3)8(10)11;8-4(9)2-1-3(6-5-2)7(10)11;2*1-2/h5-9H,1-4H3,(H,19,22);2-6H,1H3,(H2,14,15,16,17);5H,1-4H3;5H,11H2,1-4H3;1-4H;2H,1H3,(H,6,7);1H,(H,5,6)(H,8,9);2*2H,1H3. The molecule has 0 aliphatic rings. The third kappa shape index (κ3) is 33.9. The third-order valence-electron chi connectivity index (χ3n) is 12.1. The van der Waals surface area contributed by atoms with Crippen molar-refractivity contribution < 1.29 is 126 Å². The van der Waals surface area contributed by atoms with Crippen LogP contribution in [0.5, 0.6) is 0 Å². The van der Waals surface area contributed by atoms with Crippen LogP contribution in [0.1, 0.15) is 156 Å². The lowest BCUT2D eigenvalue weighted by Gasteiger charge is -2.19. The van der Waals surface area contributed by atoms with Crippen LogP contribution in [0.3, 0.4) is 0 Å². The summed E-state index contributed by atoms with van der Waals surface area (Å²) >= 11 is 22.7. The van der Waals surface area contributed by atoms with E-state index in [1.54, 1.807) is 129 Å². The molecule has 9 aromatic rings. The van der Waals surface area contributed by atoms with Gasteiger partial charge < -0.3 is 99.9 Å². The maximum absolute atomic E-state index is 12.4. The average Bonchev–Trinajstić information content (AvgIpc) is 1.68. The van der Waals surface area contributed by atoms with Crippen LogP contribution in [0, 0.1) is 30.3 Å². The number of nitrogens with one attached hydrogen (secondary N) is 5.